The lowest BCUT2D eigenvalue weighted by atomic mass is 10.0. The summed E-state index contributed by atoms with van der Waals surface area (Å²) in [6.07, 6.45) is 3.27. The van der Waals surface area contributed by atoms with Gasteiger partial charge in [-0.2, -0.15) is 0 Å². The second kappa shape index (κ2) is 9.36. The second-order valence-electron chi connectivity index (χ2n) is 6.68. The quantitative estimate of drug-likeness (QED) is 0.532. The molecule has 0 aliphatic carbocycles. The molecule has 0 fully saturated rings. The maximum Gasteiger partial charge on any atom is 0.319 e. The van der Waals surface area contributed by atoms with Crippen LogP contribution in [0.15, 0.2) is 58.4 Å². The maximum absolute atomic E-state index is 11.9. The van der Waals surface area contributed by atoms with Gasteiger partial charge in [-0.15, -0.1) is 11.5 Å². The molecule has 0 spiro atoms. The highest BCUT2D eigenvalue weighted by molar-refractivity contribution is 8.03. The number of nitrogens with zero attached hydrogens (tertiary/aromatic N) is 2. The van der Waals surface area contributed by atoms with Crippen molar-refractivity contribution >= 4 is 40.8 Å². The first-order valence-corrected chi connectivity index (χ1v) is 10.3. The molecule has 1 aliphatic rings. The molecule has 2 aromatic rings. The molecule has 2 heterocycles. The molecule has 6 N–H and O–H groups in total. The summed E-state index contributed by atoms with van der Waals surface area (Å²) in [4.78, 5) is 33.7. The van der Waals surface area contributed by atoms with Crippen LogP contribution in [0.5, 0.6) is 0 Å². The van der Waals surface area contributed by atoms with Crippen LogP contribution in [-0.4, -0.2) is 28.5 Å². The van der Waals surface area contributed by atoms with Crippen LogP contribution >= 0.6 is 11.8 Å². The highest BCUT2D eigenvalue weighted by Crippen LogP contribution is 2.49. The normalized spacial score (nSPS) is 14.1. The number of primary amides is 1. The minimum Gasteiger partial charge on any atom is -0.383 e. The molecule has 1 aliphatic heterocycles. The summed E-state index contributed by atoms with van der Waals surface area (Å²) in [6.45, 7) is 7.89. The van der Waals surface area contributed by atoms with Crippen molar-refractivity contribution in [2.45, 2.75) is 24.7 Å². The van der Waals surface area contributed by atoms with Crippen LogP contribution in [-0.2, 0) is 0 Å². The number of nitrogens with two attached hydrogens (primary N) is 2. The molecule has 8 nitrogen and oxygen atoms in total. The first-order valence-electron chi connectivity index (χ1n) is 9.45. The number of benzene rings is 1. The molecule has 158 valence electrons. The molecule has 1 aromatic heterocycles. The number of amides is 3. The number of anilines is 2. The molecule has 0 saturated heterocycles. The Morgan fingerprint density at radius 1 is 1.29 bits per heavy atom. The number of urea groups is 1. The largest absolute Gasteiger partial charge is 0.383 e. The Morgan fingerprint density at radius 2 is 2.03 bits per heavy atom. The lowest BCUT2D eigenvalue weighted by molar-refractivity contribution is 0.1000. The topological polar surface area (TPSA) is 136 Å². The third-order valence-corrected chi connectivity index (χ3v) is 5.78. The zero-order valence-corrected chi connectivity index (χ0v) is 18.0. The van der Waals surface area contributed by atoms with Crippen molar-refractivity contribution in [2.24, 2.45) is 5.73 Å². The SMILES string of the molecule is C=C=C1Sc2c(N)ncnc2C1C=C=C(C)c1cc(NC(=O)NCC)cc(C(N)=O)c1. The van der Waals surface area contributed by atoms with Gasteiger partial charge in [-0.25, -0.2) is 14.8 Å². The van der Waals surface area contributed by atoms with Crippen LogP contribution in [0.25, 0.3) is 5.57 Å². The monoisotopic (exact) mass is 434 g/mol. The first-order chi connectivity index (χ1) is 14.8. The van der Waals surface area contributed by atoms with Gasteiger partial charge in [-0.05, 0) is 49.3 Å². The smallest absolute Gasteiger partial charge is 0.319 e. The van der Waals surface area contributed by atoms with E-state index < -0.39 is 5.91 Å². The van der Waals surface area contributed by atoms with Gasteiger partial charge >= 0.3 is 6.03 Å². The third-order valence-electron chi connectivity index (χ3n) is 4.53. The van der Waals surface area contributed by atoms with Crippen LogP contribution in [0.2, 0.25) is 0 Å². The van der Waals surface area contributed by atoms with Crippen LogP contribution < -0.4 is 22.1 Å². The summed E-state index contributed by atoms with van der Waals surface area (Å²) >= 11 is 1.44. The second-order valence-corrected chi connectivity index (χ2v) is 7.73. The van der Waals surface area contributed by atoms with Crippen LogP contribution in [0.4, 0.5) is 16.3 Å². The molecule has 3 rings (SSSR count). The highest BCUT2D eigenvalue weighted by Gasteiger charge is 2.30. The van der Waals surface area contributed by atoms with Crippen molar-refractivity contribution in [1.29, 1.82) is 0 Å². The van der Waals surface area contributed by atoms with Gasteiger partial charge in [-0.3, -0.25) is 4.79 Å². The number of carbonyl (C=O) groups excluding carboxylic acids is 2. The summed E-state index contributed by atoms with van der Waals surface area (Å²) in [5, 5.41) is 5.34. The highest BCUT2D eigenvalue weighted by atomic mass is 32.2. The van der Waals surface area contributed by atoms with Gasteiger partial charge in [0.05, 0.1) is 16.5 Å². The zero-order valence-electron chi connectivity index (χ0n) is 17.2. The Hall–Kier alpha value is -3.77. The first kappa shape index (κ1) is 21.9. The van der Waals surface area contributed by atoms with Crippen molar-refractivity contribution < 1.29 is 9.59 Å². The van der Waals surface area contributed by atoms with Gasteiger partial charge in [0, 0.05) is 22.7 Å². The van der Waals surface area contributed by atoms with E-state index in [0.29, 0.717) is 23.6 Å². The lowest BCUT2D eigenvalue weighted by Crippen LogP contribution is -2.28. The summed E-state index contributed by atoms with van der Waals surface area (Å²) in [7, 11) is 0. The van der Waals surface area contributed by atoms with Crippen molar-refractivity contribution in [3.8, 4) is 0 Å². The van der Waals surface area contributed by atoms with Crippen molar-refractivity contribution in [3.05, 3.63) is 70.4 Å². The van der Waals surface area contributed by atoms with E-state index in [4.69, 9.17) is 11.5 Å². The Morgan fingerprint density at radius 3 is 2.71 bits per heavy atom. The number of hydrogen-bond donors (Lipinski definition) is 4. The number of allylic oxidation sites excluding steroid dienone is 2. The van der Waals surface area contributed by atoms with E-state index in [-0.39, 0.29) is 17.5 Å². The fourth-order valence-corrected chi connectivity index (χ4v) is 4.05. The molecule has 1 unspecified atom stereocenters. The van der Waals surface area contributed by atoms with E-state index in [1.54, 1.807) is 12.1 Å². The maximum atomic E-state index is 11.9. The number of thioether (sulfide) groups is 1. The van der Waals surface area contributed by atoms with Crippen LogP contribution in [0.1, 0.15) is 41.4 Å². The summed E-state index contributed by atoms with van der Waals surface area (Å²) in [5.41, 5.74) is 20.5. The Balaban J connectivity index is 2.01. The summed E-state index contributed by atoms with van der Waals surface area (Å²) in [6, 6.07) is 4.56. The van der Waals surface area contributed by atoms with Crippen LogP contribution in [0.3, 0.4) is 0 Å². The van der Waals surface area contributed by atoms with Gasteiger partial charge in [0.15, 0.2) is 0 Å². The van der Waals surface area contributed by atoms with E-state index in [0.717, 1.165) is 21.1 Å². The molecular formula is C22H22N6O2S. The number of rotatable bonds is 5. The van der Waals surface area contributed by atoms with E-state index in [1.165, 1.54) is 24.2 Å². The van der Waals surface area contributed by atoms with Gasteiger partial charge in [0.25, 0.3) is 0 Å². The predicted molar refractivity (Wildman–Crippen MR) is 123 cm³/mol. The standard InChI is InChI=1S/C22H22N6O2S/c1-4-17-16(18-19(31-17)20(23)27-11-26-18)7-6-12(3)13-8-14(21(24)29)10-15(9-13)28-22(30)25-5-2/h7-11,16H,1,5H2,2-3H3,(H2,24,29)(H2,23,26,27)(H2,25,28,30). The van der Waals surface area contributed by atoms with Gasteiger partial charge in [0.2, 0.25) is 5.91 Å². The average Bonchev–Trinajstić information content (AvgIpc) is 3.11. The molecule has 31 heavy (non-hydrogen) atoms. The number of carbonyl (C=O) groups is 2. The fraction of sp³-hybridized carbons (Fsp3) is 0.182. The summed E-state index contributed by atoms with van der Waals surface area (Å²) in [5.74, 6) is -0.387. The molecule has 9 heteroatoms. The number of hydrogen-bond acceptors (Lipinski definition) is 6. The Kier molecular flexibility index (Phi) is 6.62. The molecule has 0 saturated carbocycles. The van der Waals surface area contributed by atoms with E-state index in [9.17, 15) is 9.59 Å². The molecule has 1 atom stereocenters. The molecule has 0 bridgehead atoms. The Labute approximate surface area is 184 Å². The van der Waals surface area contributed by atoms with E-state index in [1.807, 2.05) is 19.9 Å². The fourth-order valence-electron chi connectivity index (χ4n) is 3.01. The van der Waals surface area contributed by atoms with E-state index >= 15 is 0 Å². The minimum absolute atomic E-state index is 0.204. The summed E-state index contributed by atoms with van der Waals surface area (Å²) < 4.78 is 0. The van der Waals surface area contributed by atoms with Crippen molar-refractivity contribution in [3.63, 3.8) is 0 Å². The molecule has 3 amide bonds. The average molecular weight is 435 g/mol. The number of nitrogen functional groups attached to an aromatic ring is 1. The number of nitrogens with one attached hydrogen (secondary N) is 2. The van der Waals surface area contributed by atoms with Crippen LogP contribution in [0, 0.1) is 0 Å². The van der Waals surface area contributed by atoms with Gasteiger partial charge in [0.1, 0.15) is 12.1 Å². The van der Waals surface area contributed by atoms with Crippen molar-refractivity contribution in [2.75, 3.05) is 17.6 Å². The minimum atomic E-state index is -0.595. The molecule has 1 aromatic carbocycles. The molecular weight excluding hydrogens is 412 g/mol. The Bertz CT molecular complexity index is 1180. The van der Waals surface area contributed by atoms with Gasteiger partial charge in [-0.1, -0.05) is 18.3 Å². The number of fused-ring (bicyclic) bond motifs is 1. The molecule has 0 radical (unpaired) electrons. The third kappa shape index (κ3) is 4.87. The predicted octanol–water partition coefficient (Wildman–Crippen LogP) is 3.42. The van der Waals surface area contributed by atoms with Gasteiger partial charge < -0.3 is 22.1 Å². The van der Waals surface area contributed by atoms with E-state index in [2.05, 4.69) is 38.6 Å². The zero-order chi connectivity index (χ0) is 22.5. The number of aromatic nitrogens is 2. The lowest BCUT2D eigenvalue weighted by Gasteiger charge is -2.10. The van der Waals surface area contributed by atoms with Crippen molar-refractivity contribution in [1.82, 2.24) is 15.3 Å².